The van der Waals surface area contributed by atoms with Crippen LogP contribution in [0.4, 0.5) is 13.2 Å². The molecule has 0 radical (unpaired) electrons. The van der Waals surface area contributed by atoms with Crippen LogP contribution >= 0.6 is 0 Å². The second-order valence-corrected chi connectivity index (χ2v) is 11.7. The third kappa shape index (κ3) is 6.44. The van der Waals surface area contributed by atoms with Crippen molar-refractivity contribution in [3.8, 4) is 5.75 Å². The molecule has 2 aliphatic heterocycles. The van der Waals surface area contributed by atoms with Gasteiger partial charge >= 0.3 is 0 Å². The van der Waals surface area contributed by atoms with Crippen LogP contribution in [0.15, 0.2) is 42.5 Å². The van der Waals surface area contributed by atoms with Gasteiger partial charge in [-0.15, -0.1) is 0 Å². The number of ketones is 1. The van der Waals surface area contributed by atoms with Crippen molar-refractivity contribution < 1.29 is 33.0 Å². The van der Waals surface area contributed by atoms with Crippen molar-refractivity contribution in [2.45, 2.75) is 57.1 Å². The highest BCUT2D eigenvalue weighted by molar-refractivity contribution is 6.00. The first-order valence-corrected chi connectivity index (χ1v) is 14.2. The normalized spacial score (nSPS) is 26.6. The van der Waals surface area contributed by atoms with Gasteiger partial charge in [-0.1, -0.05) is 30.7 Å². The summed E-state index contributed by atoms with van der Waals surface area (Å²) in [5.41, 5.74) is -0.337. The lowest BCUT2D eigenvalue weighted by molar-refractivity contribution is -0.150. The minimum Gasteiger partial charge on any atom is -0.508 e. The molecule has 0 aromatic heterocycles. The lowest BCUT2D eigenvalue weighted by Crippen LogP contribution is -2.61. The van der Waals surface area contributed by atoms with Crippen LogP contribution in [0.25, 0.3) is 0 Å². The number of halogens is 3. The van der Waals surface area contributed by atoms with E-state index in [0.717, 1.165) is 17.9 Å². The molecule has 7 nitrogen and oxygen atoms in total. The van der Waals surface area contributed by atoms with E-state index in [0.29, 0.717) is 17.5 Å². The summed E-state index contributed by atoms with van der Waals surface area (Å²) in [4.78, 5) is 31.8. The van der Waals surface area contributed by atoms with Gasteiger partial charge in [-0.05, 0) is 69.7 Å². The van der Waals surface area contributed by atoms with Crippen LogP contribution in [0.1, 0.15) is 53.1 Å². The molecule has 10 heteroatoms. The molecule has 5 atom stereocenters. The van der Waals surface area contributed by atoms with Gasteiger partial charge in [-0.3, -0.25) is 9.59 Å². The molecule has 4 rings (SSSR count). The summed E-state index contributed by atoms with van der Waals surface area (Å²) in [5.74, 6) is -3.15. The third-order valence-electron chi connectivity index (χ3n) is 8.69. The van der Waals surface area contributed by atoms with Crippen molar-refractivity contribution >= 4 is 11.7 Å². The Bertz CT molecular complexity index is 1240. The number of piperidine rings is 1. The summed E-state index contributed by atoms with van der Waals surface area (Å²) in [7, 11) is 3.87. The summed E-state index contributed by atoms with van der Waals surface area (Å²) < 4.78 is 43.4. The van der Waals surface area contributed by atoms with E-state index in [1.165, 1.54) is 18.2 Å². The van der Waals surface area contributed by atoms with Crippen molar-refractivity contribution in [1.29, 1.82) is 0 Å². The number of hydrogen-bond acceptors (Lipinski definition) is 6. The number of carbonyl (C=O) groups excluding carboxylic acids is 2. The molecule has 41 heavy (non-hydrogen) atoms. The molecule has 2 aromatic carbocycles. The van der Waals surface area contributed by atoms with E-state index in [9.17, 15) is 28.6 Å². The number of nitrogens with zero attached hydrogens (tertiary/aromatic N) is 2. The number of phenols is 1. The average Bonchev–Trinajstić information content (AvgIpc) is 3.33. The van der Waals surface area contributed by atoms with Gasteiger partial charge in [0, 0.05) is 43.5 Å². The van der Waals surface area contributed by atoms with Crippen LogP contribution in [0.2, 0.25) is 0 Å². The molecule has 2 fully saturated rings. The number of aliphatic hydroxyl groups is 1. The first kappa shape index (κ1) is 31.0. The molecule has 1 amide bonds. The summed E-state index contributed by atoms with van der Waals surface area (Å²) in [6.07, 6.45) is -2.60. The van der Waals surface area contributed by atoms with Crippen molar-refractivity contribution in [3.05, 3.63) is 65.0 Å². The zero-order valence-corrected chi connectivity index (χ0v) is 23.8. The van der Waals surface area contributed by atoms with Gasteiger partial charge in [-0.25, -0.2) is 13.2 Å². The standard InChI is InChI=1S/C31H40F3N3O4/c1-19-23(10-7-11-25(19)32)27-24(28(40)20-8-6-9-21(38)14-20)16-35-18-31(27,12-4-5-13-36(2)3)30(41)37-17-22(39)15-26(37)29(33)34/h6-11,14,22,24,26-27,29,35,38-39H,4-5,12-13,15-18H2,1-3H3/t22-,24+,26+,27+,31-/m1/s1. The summed E-state index contributed by atoms with van der Waals surface area (Å²) in [5, 5.41) is 23.7. The largest absolute Gasteiger partial charge is 0.508 e. The summed E-state index contributed by atoms with van der Waals surface area (Å²) in [6, 6.07) is 9.06. The van der Waals surface area contributed by atoms with Gasteiger partial charge < -0.3 is 25.3 Å². The second kappa shape index (κ2) is 12.9. The van der Waals surface area contributed by atoms with Gasteiger partial charge in [0.05, 0.1) is 17.6 Å². The Morgan fingerprint density at radius 2 is 1.90 bits per heavy atom. The number of aliphatic hydroxyl groups excluding tert-OH is 1. The molecule has 0 aliphatic carbocycles. The number of β-amino-alcohol motifs (C(OH)–C–C–N with tert-alkyl or cyclic N) is 1. The van der Waals surface area contributed by atoms with Crippen LogP contribution in [0, 0.1) is 24.1 Å². The number of amides is 1. The average molecular weight is 576 g/mol. The maximum absolute atomic E-state index is 15.0. The van der Waals surface area contributed by atoms with Crippen molar-refractivity contribution in [2.75, 3.05) is 40.3 Å². The van der Waals surface area contributed by atoms with E-state index in [1.807, 2.05) is 19.0 Å². The van der Waals surface area contributed by atoms with E-state index < -0.39 is 47.5 Å². The molecule has 3 N–H and O–H groups in total. The van der Waals surface area contributed by atoms with E-state index in [1.54, 1.807) is 31.2 Å². The predicted octanol–water partition coefficient (Wildman–Crippen LogP) is 3.97. The molecule has 2 saturated heterocycles. The minimum atomic E-state index is -2.85. The highest BCUT2D eigenvalue weighted by atomic mass is 19.3. The van der Waals surface area contributed by atoms with Gasteiger partial charge in [0.25, 0.3) is 6.43 Å². The number of benzene rings is 2. The van der Waals surface area contributed by atoms with E-state index in [-0.39, 0.29) is 49.6 Å². The Balaban J connectivity index is 1.88. The molecule has 2 aliphatic rings. The monoisotopic (exact) mass is 575 g/mol. The number of hydrogen-bond donors (Lipinski definition) is 3. The number of nitrogens with one attached hydrogen (secondary N) is 1. The van der Waals surface area contributed by atoms with Crippen LogP contribution in [-0.2, 0) is 4.79 Å². The summed E-state index contributed by atoms with van der Waals surface area (Å²) >= 11 is 0. The third-order valence-corrected chi connectivity index (χ3v) is 8.69. The molecular formula is C31H40F3N3O4. The fourth-order valence-electron chi connectivity index (χ4n) is 6.69. The van der Waals surface area contributed by atoms with Crippen molar-refractivity contribution in [1.82, 2.24) is 15.1 Å². The van der Waals surface area contributed by atoms with Crippen molar-refractivity contribution in [2.24, 2.45) is 11.3 Å². The Labute approximate surface area is 239 Å². The minimum absolute atomic E-state index is 0.0880. The number of carbonyl (C=O) groups is 2. The number of Topliss-reactive ketones (excluding diaryl/α,β-unsaturated/α-hetero) is 1. The zero-order chi connectivity index (χ0) is 29.9. The van der Waals surface area contributed by atoms with E-state index in [2.05, 4.69) is 5.32 Å². The SMILES string of the molecule is Cc1c(F)cccc1[C@H]1[C@@H](C(=O)c2cccc(O)c2)CNC[C@@]1(CCCCN(C)C)C(=O)N1C[C@H](O)C[C@H]1C(F)F. The molecule has 224 valence electrons. The lowest BCUT2D eigenvalue weighted by atomic mass is 9.59. The number of unbranched alkanes of at least 4 members (excludes halogenated alkanes) is 1. The van der Waals surface area contributed by atoms with Crippen molar-refractivity contribution in [3.63, 3.8) is 0 Å². The van der Waals surface area contributed by atoms with Crippen LogP contribution in [0.3, 0.4) is 0 Å². The number of aromatic hydroxyl groups is 1. The lowest BCUT2D eigenvalue weighted by Gasteiger charge is -2.50. The van der Waals surface area contributed by atoms with Crippen LogP contribution in [0.5, 0.6) is 5.75 Å². The Hall–Kier alpha value is -2.95. The first-order chi connectivity index (χ1) is 19.5. The van der Waals surface area contributed by atoms with Gasteiger partial charge in [0.15, 0.2) is 5.78 Å². The van der Waals surface area contributed by atoms with Gasteiger partial charge in [0.2, 0.25) is 5.91 Å². The Morgan fingerprint density at radius 3 is 2.59 bits per heavy atom. The fraction of sp³-hybridized carbons (Fsp3) is 0.548. The number of likely N-dealkylation sites (tertiary alicyclic amines) is 1. The highest BCUT2D eigenvalue weighted by Gasteiger charge is 2.57. The molecule has 0 spiro atoms. The maximum atomic E-state index is 15.0. The van der Waals surface area contributed by atoms with Gasteiger partial charge in [0.1, 0.15) is 11.6 Å². The molecule has 2 heterocycles. The smallest absolute Gasteiger partial charge is 0.258 e. The Kier molecular flexibility index (Phi) is 9.77. The quantitative estimate of drug-likeness (QED) is 0.293. The molecule has 0 bridgehead atoms. The molecule has 0 saturated carbocycles. The second-order valence-electron chi connectivity index (χ2n) is 11.7. The van der Waals surface area contributed by atoms with Crippen LogP contribution in [-0.4, -0.2) is 90.5 Å². The Morgan fingerprint density at radius 1 is 1.17 bits per heavy atom. The maximum Gasteiger partial charge on any atom is 0.258 e. The number of alkyl halides is 2. The zero-order valence-electron chi connectivity index (χ0n) is 23.8. The highest BCUT2D eigenvalue weighted by Crippen LogP contribution is 2.51. The van der Waals surface area contributed by atoms with E-state index >= 15 is 4.39 Å². The topological polar surface area (TPSA) is 93.1 Å². The summed E-state index contributed by atoms with van der Waals surface area (Å²) in [6.45, 7) is 2.41. The molecular weight excluding hydrogens is 535 g/mol. The fourth-order valence-corrected chi connectivity index (χ4v) is 6.69. The van der Waals surface area contributed by atoms with Crippen LogP contribution < -0.4 is 5.32 Å². The molecule has 0 unspecified atom stereocenters. The predicted molar refractivity (Wildman–Crippen MR) is 150 cm³/mol. The van der Waals surface area contributed by atoms with Gasteiger partial charge in [-0.2, -0.15) is 0 Å². The van der Waals surface area contributed by atoms with E-state index in [4.69, 9.17) is 0 Å². The number of phenolic OH excluding ortho intramolecular Hbond substituents is 1. The molecule has 2 aromatic rings. The number of rotatable bonds is 10. The first-order valence-electron chi connectivity index (χ1n) is 14.2.